The lowest BCUT2D eigenvalue weighted by atomic mass is 10.1. The highest BCUT2D eigenvalue weighted by molar-refractivity contribution is 6.30. The lowest BCUT2D eigenvalue weighted by Crippen LogP contribution is -2.15. The van der Waals surface area contributed by atoms with Crippen LogP contribution >= 0.6 is 11.6 Å². The predicted octanol–water partition coefficient (Wildman–Crippen LogP) is 3.15. The molecule has 0 saturated carbocycles. The van der Waals surface area contributed by atoms with Crippen LogP contribution < -0.4 is 5.73 Å². The van der Waals surface area contributed by atoms with Gasteiger partial charge in [-0.05, 0) is 31.5 Å². The van der Waals surface area contributed by atoms with E-state index >= 15 is 0 Å². The average Bonchev–Trinajstić information content (AvgIpc) is 2.78. The molecule has 18 heavy (non-hydrogen) atoms. The summed E-state index contributed by atoms with van der Waals surface area (Å²) in [6.45, 7) is 1.94. The molecular weight excluding hydrogens is 253 g/mol. The Kier molecular flexibility index (Phi) is 3.99. The molecule has 3 nitrogen and oxygen atoms in total. The number of hydrogen-bond donors (Lipinski definition) is 2. The Hall–Kier alpha value is -1.39. The van der Waals surface area contributed by atoms with Gasteiger partial charge < -0.3 is 10.7 Å². The molecule has 0 aliphatic carbocycles. The fourth-order valence-electron chi connectivity index (χ4n) is 1.69. The quantitative estimate of drug-likeness (QED) is 0.894. The van der Waals surface area contributed by atoms with Gasteiger partial charge in [-0.1, -0.05) is 11.6 Å². The Bertz CT molecular complexity index is 537. The number of nitrogens with two attached hydrogens (primary N) is 1. The van der Waals surface area contributed by atoms with Crippen LogP contribution in [0.25, 0.3) is 11.3 Å². The van der Waals surface area contributed by atoms with E-state index in [4.69, 9.17) is 17.3 Å². The van der Waals surface area contributed by atoms with Crippen LogP contribution in [0.15, 0.2) is 24.4 Å². The number of hydrogen-bond acceptors (Lipinski definition) is 2. The van der Waals surface area contributed by atoms with Crippen molar-refractivity contribution in [2.24, 2.45) is 5.73 Å². The number of rotatable bonds is 4. The first kappa shape index (κ1) is 13.1. The van der Waals surface area contributed by atoms with Crippen LogP contribution in [0, 0.1) is 5.82 Å². The molecule has 0 bridgehead atoms. The van der Waals surface area contributed by atoms with E-state index in [2.05, 4.69) is 9.97 Å². The number of aryl methyl sites for hydroxylation is 1. The second-order valence-electron chi connectivity index (χ2n) is 4.38. The minimum Gasteiger partial charge on any atom is -0.342 e. The number of nitrogens with one attached hydrogen (secondary N) is 1. The van der Waals surface area contributed by atoms with Crippen molar-refractivity contribution >= 4 is 11.6 Å². The molecule has 5 heteroatoms. The largest absolute Gasteiger partial charge is 0.342 e. The van der Waals surface area contributed by atoms with Gasteiger partial charge in [-0.2, -0.15) is 0 Å². The van der Waals surface area contributed by atoms with Crippen molar-refractivity contribution in [3.8, 4) is 11.3 Å². The van der Waals surface area contributed by atoms with Gasteiger partial charge in [-0.25, -0.2) is 9.37 Å². The van der Waals surface area contributed by atoms with Gasteiger partial charge in [0.1, 0.15) is 11.6 Å². The zero-order chi connectivity index (χ0) is 13.1. The van der Waals surface area contributed by atoms with Crippen molar-refractivity contribution in [1.29, 1.82) is 0 Å². The van der Waals surface area contributed by atoms with Crippen molar-refractivity contribution in [2.75, 3.05) is 0 Å². The number of H-pyrrole nitrogens is 1. The second-order valence-corrected chi connectivity index (χ2v) is 4.82. The maximum Gasteiger partial charge on any atom is 0.132 e. The Labute approximate surface area is 110 Å². The fourth-order valence-corrected chi connectivity index (χ4v) is 1.87. The zero-order valence-electron chi connectivity index (χ0n) is 10.1. The first-order valence-corrected chi connectivity index (χ1v) is 6.19. The van der Waals surface area contributed by atoms with Crippen LogP contribution in [0.1, 0.15) is 19.2 Å². The third-order valence-electron chi connectivity index (χ3n) is 2.68. The van der Waals surface area contributed by atoms with Crippen molar-refractivity contribution in [2.45, 2.75) is 25.8 Å². The molecule has 2 aromatic rings. The monoisotopic (exact) mass is 267 g/mol. The predicted molar refractivity (Wildman–Crippen MR) is 71.0 cm³/mol. The van der Waals surface area contributed by atoms with E-state index < -0.39 is 0 Å². The van der Waals surface area contributed by atoms with Gasteiger partial charge in [0.05, 0.1) is 11.9 Å². The molecule has 2 rings (SSSR count). The number of aromatic amines is 1. The van der Waals surface area contributed by atoms with E-state index in [-0.39, 0.29) is 11.9 Å². The maximum absolute atomic E-state index is 13.7. The summed E-state index contributed by atoms with van der Waals surface area (Å²) in [5, 5.41) is 0.498. The van der Waals surface area contributed by atoms with Crippen LogP contribution in [-0.2, 0) is 6.42 Å². The normalized spacial score (nSPS) is 12.7. The molecule has 1 unspecified atom stereocenters. The number of aromatic nitrogens is 2. The molecule has 1 aromatic carbocycles. The first-order valence-electron chi connectivity index (χ1n) is 5.81. The van der Waals surface area contributed by atoms with Gasteiger partial charge in [0.25, 0.3) is 0 Å². The lowest BCUT2D eigenvalue weighted by Gasteiger charge is -2.02. The molecule has 0 spiro atoms. The summed E-state index contributed by atoms with van der Waals surface area (Å²) in [6.07, 6.45) is 3.20. The minimum atomic E-state index is -0.318. The third kappa shape index (κ3) is 3.09. The van der Waals surface area contributed by atoms with Gasteiger partial charge in [-0.3, -0.25) is 0 Å². The number of benzene rings is 1. The Balaban J connectivity index is 2.21. The lowest BCUT2D eigenvalue weighted by molar-refractivity contribution is 0.630. The van der Waals surface area contributed by atoms with E-state index in [1.165, 1.54) is 12.1 Å². The summed E-state index contributed by atoms with van der Waals surface area (Å²) in [5.74, 6) is 0.489. The second kappa shape index (κ2) is 5.50. The Morgan fingerprint density at radius 2 is 2.28 bits per heavy atom. The van der Waals surface area contributed by atoms with E-state index in [0.717, 1.165) is 18.7 Å². The molecule has 3 N–H and O–H groups in total. The number of imidazole rings is 1. The number of nitrogens with zero attached hydrogens (tertiary/aromatic N) is 1. The average molecular weight is 268 g/mol. The molecule has 0 radical (unpaired) electrons. The summed E-state index contributed by atoms with van der Waals surface area (Å²) in [5.41, 5.74) is 6.75. The van der Waals surface area contributed by atoms with Gasteiger partial charge in [0, 0.05) is 23.0 Å². The highest BCUT2D eigenvalue weighted by atomic mass is 35.5. The minimum absolute atomic E-state index is 0.126. The molecule has 0 saturated heterocycles. The number of halogens is 2. The summed E-state index contributed by atoms with van der Waals surface area (Å²) >= 11 is 5.86. The van der Waals surface area contributed by atoms with Gasteiger partial charge in [0.15, 0.2) is 0 Å². The van der Waals surface area contributed by atoms with Crippen molar-refractivity contribution < 1.29 is 4.39 Å². The zero-order valence-corrected chi connectivity index (χ0v) is 10.8. The van der Waals surface area contributed by atoms with Crippen LogP contribution in [-0.4, -0.2) is 16.0 Å². The third-order valence-corrected chi connectivity index (χ3v) is 2.92. The molecule has 0 aliphatic heterocycles. The van der Waals surface area contributed by atoms with Crippen molar-refractivity contribution in [3.05, 3.63) is 41.1 Å². The van der Waals surface area contributed by atoms with E-state index in [9.17, 15) is 4.39 Å². The van der Waals surface area contributed by atoms with E-state index in [1.54, 1.807) is 12.3 Å². The van der Waals surface area contributed by atoms with E-state index in [0.29, 0.717) is 16.3 Å². The molecule has 0 fully saturated rings. The van der Waals surface area contributed by atoms with Gasteiger partial charge in [-0.15, -0.1) is 0 Å². The molecule has 0 aliphatic rings. The molecule has 1 heterocycles. The standard InChI is InChI=1S/C13H15ClFN3/c1-8(16)2-5-13-17-7-12(18-13)10-6-9(14)3-4-11(10)15/h3-4,6-8H,2,5,16H2,1H3,(H,17,18). The highest BCUT2D eigenvalue weighted by Crippen LogP contribution is 2.24. The SMILES string of the molecule is CC(N)CCc1ncc(-c2cc(Cl)ccc2F)[nH]1. The highest BCUT2D eigenvalue weighted by Gasteiger charge is 2.09. The first-order chi connectivity index (χ1) is 8.56. The molecule has 0 amide bonds. The Morgan fingerprint density at radius 3 is 3.00 bits per heavy atom. The summed E-state index contributed by atoms with van der Waals surface area (Å²) in [6, 6.07) is 4.58. The van der Waals surface area contributed by atoms with Crippen LogP contribution in [0.4, 0.5) is 4.39 Å². The summed E-state index contributed by atoms with van der Waals surface area (Å²) in [4.78, 5) is 7.30. The molecule has 96 valence electrons. The molecule has 1 atom stereocenters. The van der Waals surface area contributed by atoms with Gasteiger partial charge >= 0.3 is 0 Å². The topological polar surface area (TPSA) is 54.7 Å². The fraction of sp³-hybridized carbons (Fsp3) is 0.308. The van der Waals surface area contributed by atoms with Crippen LogP contribution in [0.2, 0.25) is 5.02 Å². The smallest absolute Gasteiger partial charge is 0.132 e. The van der Waals surface area contributed by atoms with E-state index in [1.807, 2.05) is 6.92 Å². The van der Waals surface area contributed by atoms with Crippen LogP contribution in [0.3, 0.4) is 0 Å². The van der Waals surface area contributed by atoms with Crippen molar-refractivity contribution in [3.63, 3.8) is 0 Å². The van der Waals surface area contributed by atoms with Gasteiger partial charge in [0.2, 0.25) is 0 Å². The molecular formula is C13H15ClFN3. The summed E-state index contributed by atoms with van der Waals surface area (Å²) < 4.78 is 13.7. The molecule has 1 aromatic heterocycles. The van der Waals surface area contributed by atoms with Crippen LogP contribution in [0.5, 0.6) is 0 Å². The summed E-state index contributed by atoms with van der Waals surface area (Å²) in [7, 11) is 0. The maximum atomic E-state index is 13.7. The Morgan fingerprint density at radius 1 is 1.50 bits per heavy atom. The van der Waals surface area contributed by atoms with Crippen molar-refractivity contribution in [1.82, 2.24) is 9.97 Å².